The van der Waals surface area contributed by atoms with E-state index < -0.39 is 5.97 Å². The summed E-state index contributed by atoms with van der Waals surface area (Å²) in [4.78, 5) is 15.6. The number of esters is 1. The number of aromatic nitrogens is 2. The number of rotatable bonds is 3. The van der Waals surface area contributed by atoms with Gasteiger partial charge in [0.25, 0.3) is 0 Å². The molecule has 5 nitrogen and oxygen atoms in total. The lowest BCUT2D eigenvalue weighted by molar-refractivity contribution is 0.0514. The van der Waals surface area contributed by atoms with Crippen molar-refractivity contribution in [3.05, 3.63) is 22.1 Å². The second kappa shape index (κ2) is 4.44. The molecule has 0 radical (unpaired) electrons. The summed E-state index contributed by atoms with van der Waals surface area (Å²) >= 11 is 1.51. The van der Waals surface area contributed by atoms with Crippen LogP contribution >= 0.6 is 11.3 Å². The third-order valence-electron chi connectivity index (χ3n) is 1.87. The van der Waals surface area contributed by atoms with Crippen LogP contribution in [0.3, 0.4) is 0 Å². The number of aryl methyl sites for hydroxylation is 1. The third kappa shape index (κ3) is 2.11. The summed E-state index contributed by atoms with van der Waals surface area (Å²) in [5, 5.41) is 6.42. The molecule has 0 aliphatic carbocycles. The van der Waals surface area contributed by atoms with E-state index in [9.17, 15) is 4.79 Å². The Balaban J connectivity index is 2.22. The van der Waals surface area contributed by atoms with Crippen LogP contribution in [0, 0.1) is 6.92 Å². The minimum Gasteiger partial charge on any atom is -0.461 e. The molecule has 0 fully saturated rings. The summed E-state index contributed by atoms with van der Waals surface area (Å²) < 4.78 is 9.83. The van der Waals surface area contributed by atoms with Crippen molar-refractivity contribution in [1.29, 1.82) is 0 Å². The quantitative estimate of drug-likeness (QED) is 0.767. The summed E-state index contributed by atoms with van der Waals surface area (Å²) in [7, 11) is 0. The van der Waals surface area contributed by atoms with Gasteiger partial charge >= 0.3 is 5.97 Å². The zero-order valence-corrected chi connectivity index (χ0v) is 9.71. The Kier molecular flexibility index (Phi) is 3.00. The molecule has 6 heteroatoms. The molecule has 0 aliphatic rings. The molecular formula is C10H10N2O3S. The molecule has 2 aromatic heterocycles. The van der Waals surface area contributed by atoms with Crippen LogP contribution in [0.2, 0.25) is 0 Å². The fraction of sp³-hybridized carbons (Fsp3) is 0.300. The van der Waals surface area contributed by atoms with E-state index in [1.807, 2.05) is 12.3 Å². The SMILES string of the molecule is CCOC(=O)c1cc(-c2csc(C)n2)on1. The normalized spacial score (nSPS) is 10.4. The van der Waals surface area contributed by atoms with E-state index in [4.69, 9.17) is 9.26 Å². The van der Waals surface area contributed by atoms with Crippen molar-refractivity contribution < 1.29 is 14.1 Å². The average molecular weight is 238 g/mol. The molecule has 0 N–H and O–H groups in total. The summed E-state index contributed by atoms with van der Waals surface area (Å²) in [6.45, 7) is 3.95. The third-order valence-corrected chi connectivity index (χ3v) is 2.64. The van der Waals surface area contributed by atoms with Crippen molar-refractivity contribution in [2.24, 2.45) is 0 Å². The lowest BCUT2D eigenvalue weighted by Gasteiger charge is -1.94. The van der Waals surface area contributed by atoms with Gasteiger partial charge in [-0.3, -0.25) is 0 Å². The maximum absolute atomic E-state index is 11.3. The molecule has 0 bridgehead atoms. The number of hydrogen-bond acceptors (Lipinski definition) is 6. The van der Waals surface area contributed by atoms with Gasteiger partial charge in [-0.2, -0.15) is 0 Å². The van der Waals surface area contributed by atoms with Crippen LogP contribution in [-0.4, -0.2) is 22.7 Å². The van der Waals surface area contributed by atoms with Crippen molar-refractivity contribution in [1.82, 2.24) is 10.1 Å². The summed E-state index contributed by atoms with van der Waals surface area (Å²) in [6.07, 6.45) is 0. The predicted molar refractivity (Wildman–Crippen MR) is 58.3 cm³/mol. The highest BCUT2D eigenvalue weighted by atomic mass is 32.1. The van der Waals surface area contributed by atoms with Crippen LogP contribution in [0.1, 0.15) is 22.4 Å². The number of ether oxygens (including phenoxy) is 1. The molecule has 2 heterocycles. The van der Waals surface area contributed by atoms with Crippen LogP contribution in [0.4, 0.5) is 0 Å². The number of nitrogens with zero attached hydrogens (tertiary/aromatic N) is 2. The second-order valence-electron chi connectivity index (χ2n) is 3.05. The Morgan fingerprint density at radius 1 is 1.62 bits per heavy atom. The van der Waals surface area contributed by atoms with Gasteiger partial charge in [-0.05, 0) is 13.8 Å². The molecule has 0 aliphatic heterocycles. The van der Waals surface area contributed by atoms with Gasteiger partial charge in [0.15, 0.2) is 11.5 Å². The van der Waals surface area contributed by atoms with Crippen LogP contribution in [-0.2, 0) is 4.74 Å². The van der Waals surface area contributed by atoms with Gasteiger partial charge in [-0.1, -0.05) is 5.16 Å². The average Bonchev–Trinajstić information content (AvgIpc) is 2.85. The zero-order valence-electron chi connectivity index (χ0n) is 8.89. The molecule has 16 heavy (non-hydrogen) atoms. The monoisotopic (exact) mass is 238 g/mol. The summed E-state index contributed by atoms with van der Waals surface area (Å²) in [5.41, 5.74) is 0.855. The number of thiazole rings is 1. The molecule has 0 aromatic carbocycles. The fourth-order valence-electron chi connectivity index (χ4n) is 1.17. The van der Waals surface area contributed by atoms with Gasteiger partial charge in [-0.15, -0.1) is 11.3 Å². The number of hydrogen-bond donors (Lipinski definition) is 0. The maximum atomic E-state index is 11.3. The Hall–Kier alpha value is -1.69. The van der Waals surface area contributed by atoms with Gasteiger partial charge < -0.3 is 9.26 Å². The minimum absolute atomic E-state index is 0.169. The molecule has 84 valence electrons. The van der Waals surface area contributed by atoms with Crippen molar-refractivity contribution in [3.63, 3.8) is 0 Å². The van der Waals surface area contributed by atoms with Crippen LogP contribution < -0.4 is 0 Å². The van der Waals surface area contributed by atoms with Crippen LogP contribution in [0.25, 0.3) is 11.5 Å². The molecule has 0 saturated heterocycles. The van der Waals surface area contributed by atoms with Crippen LogP contribution in [0.15, 0.2) is 16.0 Å². The lowest BCUT2D eigenvalue weighted by Crippen LogP contribution is -2.04. The molecule has 0 unspecified atom stereocenters. The lowest BCUT2D eigenvalue weighted by atomic mass is 10.3. The molecular weight excluding hydrogens is 228 g/mol. The fourth-order valence-corrected chi connectivity index (χ4v) is 1.78. The highest BCUT2D eigenvalue weighted by Gasteiger charge is 2.15. The zero-order chi connectivity index (χ0) is 11.5. The topological polar surface area (TPSA) is 65.2 Å². The predicted octanol–water partition coefficient (Wildman–Crippen LogP) is 2.28. The van der Waals surface area contributed by atoms with Gasteiger partial charge in [-0.25, -0.2) is 9.78 Å². The smallest absolute Gasteiger partial charge is 0.360 e. The summed E-state index contributed by atoms with van der Waals surface area (Å²) in [6, 6.07) is 1.53. The Labute approximate surface area is 96.0 Å². The Morgan fingerprint density at radius 3 is 3.06 bits per heavy atom. The van der Waals surface area contributed by atoms with E-state index >= 15 is 0 Å². The van der Waals surface area contributed by atoms with Crippen molar-refractivity contribution in [2.45, 2.75) is 13.8 Å². The minimum atomic E-state index is -0.482. The van der Waals surface area contributed by atoms with E-state index in [-0.39, 0.29) is 5.69 Å². The number of carbonyl (C=O) groups is 1. The largest absolute Gasteiger partial charge is 0.461 e. The first-order valence-electron chi connectivity index (χ1n) is 4.77. The first-order valence-corrected chi connectivity index (χ1v) is 5.65. The van der Waals surface area contributed by atoms with Gasteiger partial charge in [0, 0.05) is 11.4 Å². The highest BCUT2D eigenvalue weighted by Crippen LogP contribution is 2.22. The van der Waals surface area contributed by atoms with E-state index in [0.717, 1.165) is 5.01 Å². The Bertz CT molecular complexity index is 504. The van der Waals surface area contributed by atoms with Gasteiger partial charge in [0.05, 0.1) is 11.6 Å². The van der Waals surface area contributed by atoms with Crippen molar-refractivity contribution in [3.8, 4) is 11.5 Å². The molecule has 2 aromatic rings. The van der Waals surface area contributed by atoms with E-state index in [0.29, 0.717) is 18.1 Å². The van der Waals surface area contributed by atoms with E-state index in [1.54, 1.807) is 6.92 Å². The van der Waals surface area contributed by atoms with Crippen molar-refractivity contribution in [2.75, 3.05) is 6.61 Å². The van der Waals surface area contributed by atoms with Crippen molar-refractivity contribution >= 4 is 17.3 Å². The van der Waals surface area contributed by atoms with E-state index in [1.165, 1.54) is 17.4 Å². The van der Waals surface area contributed by atoms with Gasteiger partial charge in [0.2, 0.25) is 0 Å². The maximum Gasteiger partial charge on any atom is 0.360 e. The molecule has 0 saturated carbocycles. The number of carbonyl (C=O) groups excluding carboxylic acids is 1. The first-order chi connectivity index (χ1) is 7.70. The van der Waals surface area contributed by atoms with Crippen LogP contribution in [0.5, 0.6) is 0 Å². The Morgan fingerprint density at radius 2 is 2.44 bits per heavy atom. The highest BCUT2D eigenvalue weighted by molar-refractivity contribution is 7.09. The molecule has 0 spiro atoms. The standard InChI is InChI=1S/C10H10N2O3S/c1-3-14-10(13)7-4-9(15-12-7)8-5-16-6(2)11-8/h4-5H,3H2,1-2H3. The van der Waals surface area contributed by atoms with Gasteiger partial charge in [0.1, 0.15) is 5.69 Å². The molecule has 0 atom stereocenters. The summed E-state index contributed by atoms with van der Waals surface area (Å²) in [5.74, 6) is -0.00291. The molecule has 2 rings (SSSR count). The first kappa shape index (κ1) is 10.8. The van der Waals surface area contributed by atoms with E-state index in [2.05, 4.69) is 10.1 Å². The second-order valence-corrected chi connectivity index (χ2v) is 4.11. The molecule has 0 amide bonds.